The Kier molecular flexibility index (Phi) is 5.62. The fourth-order valence-corrected chi connectivity index (χ4v) is 4.27. The molecule has 2 aliphatic rings. The molecule has 150 valence electrons. The standard InChI is InChI=1S/C21H21N3O4S/c1-14-18(20(25)28-23-14)13-17-7-8-19(29-17)24-11-9-16(10-12-24)27-21(26)22-15-5-3-2-4-6-15/h2-8,13,16H,9-12H2,1H3,(H,22,26). The second-order valence-corrected chi connectivity index (χ2v) is 7.97. The molecule has 1 aromatic carbocycles. The number of carbonyl (C=O) groups excluding carboxylic acids is 2. The highest BCUT2D eigenvalue weighted by molar-refractivity contribution is 7.17. The van der Waals surface area contributed by atoms with Crippen molar-refractivity contribution in [2.75, 3.05) is 23.3 Å². The highest BCUT2D eigenvalue weighted by Gasteiger charge is 2.24. The molecule has 29 heavy (non-hydrogen) atoms. The fourth-order valence-electron chi connectivity index (χ4n) is 3.27. The number of nitrogens with one attached hydrogen (secondary N) is 1. The second-order valence-electron chi connectivity index (χ2n) is 6.87. The number of hydrogen-bond acceptors (Lipinski definition) is 7. The largest absolute Gasteiger partial charge is 0.446 e. The lowest BCUT2D eigenvalue weighted by Gasteiger charge is -2.32. The van der Waals surface area contributed by atoms with Crippen molar-refractivity contribution in [1.82, 2.24) is 0 Å². The maximum absolute atomic E-state index is 12.1. The SMILES string of the molecule is CC1=NOC(=O)C1=Cc1ccc(N2CCC(OC(=O)Nc3ccccc3)CC2)s1. The van der Waals surface area contributed by atoms with Crippen molar-refractivity contribution in [1.29, 1.82) is 0 Å². The summed E-state index contributed by atoms with van der Waals surface area (Å²) in [6, 6.07) is 13.3. The number of para-hydroxylation sites is 1. The van der Waals surface area contributed by atoms with E-state index in [1.807, 2.05) is 48.5 Å². The van der Waals surface area contributed by atoms with Gasteiger partial charge in [0, 0.05) is 36.5 Å². The van der Waals surface area contributed by atoms with Crippen LogP contribution in [0, 0.1) is 0 Å². The number of benzene rings is 1. The predicted octanol–water partition coefficient (Wildman–Crippen LogP) is 4.28. The van der Waals surface area contributed by atoms with E-state index in [1.165, 1.54) is 0 Å². The Morgan fingerprint density at radius 1 is 1.24 bits per heavy atom. The number of oxime groups is 1. The highest BCUT2D eigenvalue weighted by Crippen LogP contribution is 2.31. The van der Waals surface area contributed by atoms with Gasteiger partial charge in [0.2, 0.25) is 0 Å². The fraction of sp³-hybridized carbons (Fsp3) is 0.286. The number of hydrogen-bond donors (Lipinski definition) is 1. The minimum Gasteiger partial charge on any atom is -0.446 e. The van der Waals surface area contributed by atoms with Gasteiger partial charge >= 0.3 is 12.1 Å². The van der Waals surface area contributed by atoms with Gasteiger partial charge in [-0.05, 0) is 37.3 Å². The summed E-state index contributed by atoms with van der Waals surface area (Å²) >= 11 is 1.61. The van der Waals surface area contributed by atoms with Gasteiger partial charge in [-0.1, -0.05) is 23.4 Å². The van der Waals surface area contributed by atoms with Gasteiger partial charge in [0.25, 0.3) is 0 Å². The molecular formula is C21H21N3O4S. The molecule has 0 bridgehead atoms. The van der Waals surface area contributed by atoms with E-state index in [2.05, 4.69) is 20.2 Å². The Morgan fingerprint density at radius 2 is 2.00 bits per heavy atom. The molecule has 1 N–H and O–H groups in total. The zero-order chi connectivity index (χ0) is 20.2. The number of anilines is 2. The van der Waals surface area contributed by atoms with Crippen molar-refractivity contribution in [2.24, 2.45) is 5.16 Å². The number of carbonyl (C=O) groups is 2. The number of piperidine rings is 1. The van der Waals surface area contributed by atoms with Crippen LogP contribution in [0.2, 0.25) is 0 Å². The first kappa shape index (κ1) is 19.2. The molecule has 7 nitrogen and oxygen atoms in total. The number of rotatable bonds is 4. The van der Waals surface area contributed by atoms with Crippen molar-refractivity contribution in [2.45, 2.75) is 25.9 Å². The zero-order valence-corrected chi connectivity index (χ0v) is 16.8. The number of amides is 1. The van der Waals surface area contributed by atoms with Gasteiger partial charge in [-0.2, -0.15) is 0 Å². The van der Waals surface area contributed by atoms with Gasteiger partial charge in [0.05, 0.1) is 16.3 Å². The quantitative estimate of drug-likeness (QED) is 0.600. The monoisotopic (exact) mass is 411 g/mol. The van der Waals surface area contributed by atoms with Crippen LogP contribution in [-0.2, 0) is 14.4 Å². The molecule has 0 atom stereocenters. The summed E-state index contributed by atoms with van der Waals surface area (Å²) in [5, 5.41) is 7.58. The molecule has 2 aliphatic heterocycles. The zero-order valence-electron chi connectivity index (χ0n) is 16.0. The molecule has 1 aromatic heterocycles. The third-order valence-electron chi connectivity index (χ3n) is 4.82. The molecule has 0 radical (unpaired) electrons. The summed E-state index contributed by atoms with van der Waals surface area (Å²) in [6.45, 7) is 3.37. The Morgan fingerprint density at radius 3 is 2.69 bits per heavy atom. The number of nitrogens with zero attached hydrogens (tertiary/aromatic N) is 2. The first-order valence-electron chi connectivity index (χ1n) is 9.44. The van der Waals surface area contributed by atoms with E-state index in [0.717, 1.165) is 41.5 Å². The molecule has 1 amide bonds. The van der Waals surface area contributed by atoms with E-state index in [-0.39, 0.29) is 6.10 Å². The smallest absolute Gasteiger partial charge is 0.411 e. The Bertz CT molecular complexity index is 959. The maximum Gasteiger partial charge on any atom is 0.411 e. The van der Waals surface area contributed by atoms with Crippen molar-refractivity contribution in [3.63, 3.8) is 0 Å². The lowest BCUT2D eigenvalue weighted by molar-refractivity contribution is -0.136. The third kappa shape index (κ3) is 4.65. The summed E-state index contributed by atoms with van der Waals surface area (Å²) in [6.07, 6.45) is 2.85. The van der Waals surface area contributed by atoms with E-state index < -0.39 is 12.1 Å². The molecule has 0 saturated carbocycles. The first-order chi connectivity index (χ1) is 14.1. The Labute approximate surface area is 172 Å². The predicted molar refractivity (Wildman–Crippen MR) is 113 cm³/mol. The summed E-state index contributed by atoms with van der Waals surface area (Å²) in [7, 11) is 0. The van der Waals surface area contributed by atoms with Crippen molar-refractivity contribution in [3.8, 4) is 0 Å². The molecule has 4 rings (SSSR count). The lowest BCUT2D eigenvalue weighted by Crippen LogP contribution is -2.38. The van der Waals surface area contributed by atoms with Crippen molar-refractivity contribution in [3.05, 3.63) is 52.9 Å². The van der Waals surface area contributed by atoms with Crippen LogP contribution in [0.1, 0.15) is 24.6 Å². The summed E-state index contributed by atoms with van der Waals surface area (Å²) in [5.41, 5.74) is 1.81. The van der Waals surface area contributed by atoms with E-state index in [4.69, 9.17) is 4.74 Å². The van der Waals surface area contributed by atoms with Gasteiger partial charge in [-0.3, -0.25) is 5.32 Å². The van der Waals surface area contributed by atoms with E-state index in [1.54, 1.807) is 18.3 Å². The molecule has 0 aliphatic carbocycles. The van der Waals surface area contributed by atoms with Gasteiger partial charge in [-0.25, -0.2) is 9.59 Å². The molecule has 1 saturated heterocycles. The Hall–Kier alpha value is -3.13. The van der Waals surface area contributed by atoms with Gasteiger partial charge in [-0.15, -0.1) is 11.3 Å². The molecule has 2 aromatic rings. The van der Waals surface area contributed by atoms with Gasteiger partial charge in [0.1, 0.15) is 6.10 Å². The van der Waals surface area contributed by atoms with E-state index in [9.17, 15) is 9.59 Å². The van der Waals surface area contributed by atoms with Crippen LogP contribution in [0.3, 0.4) is 0 Å². The Balaban J connectivity index is 1.29. The van der Waals surface area contributed by atoms with Crippen LogP contribution in [0.4, 0.5) is 15.5 Å². The van der Waals surface area contributed by atoms with Crippen LogP contribution in [0.25, 0.3) is 6.08 Å². The summed E-state index contributed by atoms with van der Waals surface area (Å²) in [5.74, 6) is -0.413. The topological polar surface area (TPSA) is 80.2 Å². The van der Waals surface area contributed by atoms with Crippen molar-refractivity contribution < 1.29 is 19.2 Å². The average Bonchev–Trinajstić information content (AvgIpc) is 3.31. The molecule has 0 unspecified atom stereocenters. The molecule has 1 fully saturated rings. The van der Waals surface area contributed by atoms with E-state index in [0.29, 0.717) is 11.3 Å². The van der Waals surface area contributed by atoms with Crippen LogP contribution in [-0.4, -0.2) is 37.0 Å². The van der Waals surface area contributed by atoms with Crippen LogP contribution in [0.5, 0.6) is 0 Å². The lowest BCUT2D eigenvalue weighted by atomic mass is 10.1. The first-order valence-corrected chi connectivity index (χ1v) is 10.3. The normalized spacial score (nSPS) is 18.5. The number of thiophene rings is 1. The third-order valence-corrected chi connectivity index (χ3v) is 5.91. The summed E-state index contributed by atoms with van der Waals surface area (Å²) in [4.78, 5) is 31.7. The molecule has 0 spiro atoms. The number of ether oxygens (including phenoxy) is 1. The molecule has 3 heterocycles. The molecular weight excluding hydrogens is 390 g/mol. The van der Waals surface area contributed by atoms with Crippen LogP contribution >= 0.6 is 11.3 Å². The van der Waals surface area contributed by atoms with Crippen LogP contribution < -0.4 is 10.2 Å². The van der Waals surface area contributed by atoms with Gasteiger partial charge < -0.3 is 14.5 Å². The summed E-state index contributed by atoms with van der Waals surface area (Å²) < 4.78 is 5.55. The van der Waals surface area contributed by atoms with Crippen molar-refractivity contribution >= 4 is 45.9 Å². The van der Waals surface area contributed by atoms with Crippen LogP contribution in [0.15, 0.2) is 53.2 Å². The minimum absolute atomic E-state index is 0.0939. The maximum atomic E-state index is 12.1. The second kappa shape index (κ2) is 8.48. The minimum atomic E-state index is -0.417. The average molecular weight is 411 g/mol. The van der Waals surface area contributed by atoms with E-state index >= 15 is 0 Å². The highest BCUT2D eigenvalue weighted by atomic mass is 32.1. The molecule has 8 heteroatoms. The van der Waals surface area contributed by atoms with Gasteiger partial charge in [0.15, 0.2) is 0 Å².